The van der Waals surface area contributed by atoms with Crippen LogP contribution in [0.15, 0.2) is 30.3 Å². The highest BCUT2D eigenvalue weighted by Gasteiger charge is 2.49. The molecule has 0 saturated heterocycles. The summed E-state index contributed by atoms with van der Waals surface area (Å²) in [4.78, 5) is 23.6. The van der Waals surface area contributed by atoms with E-state index in [2.05, 4.69) is 5.32 Å². The first kappa shape index (κ1) is 14.9. The predicted molar refractivity (Wildman–Crippen MR) is 79.9 cm³/mol. The van der Waals surface area contributed by atoms with Gasteiger partial charge in [0.25, 0.3) is 0 Å². The highest BCUT2D eigenvalue weighted by molar-refractivity contribution is 5.73. The third-order valence-corrected chi connectivity index (χ3v) is 4.88. The number of rotatable bonds is 4. The van der Waals surface area contributed by atoms with Gasteiger partial charge >= 0.3 is 12.1 Å². The second kappa shape index (κ2) is 6.38. The van der Waals surface area contributed by atoms with E-state index in [1.54, 1.807) is 0 Å². The van der Waals surface area contributed by atoms with E-state index in [4.69, 9.17) is 9.47 Å². The average Bonchev–Trinajstić information content (AvgIpc) is 3.13. The number of carbonyl (C=O) groups excluding carboxylic acids is 2. The average molecular weight is 303 g/mol. The maximum absolute atomic E-state index is 11.9. The van der Waals surface area contributed by atoms with Crippen LogP contribution in [0.3, 0.4) is 0 Å². The van der Waals surface area contributed by atoms with Crippen molar-refractivity contribution in [3.63, 3.8) is 0 Å². The highest BCUT2D eigenvalue weighted by Crippen LogP contribution is 2.48. The SMILES string of the molecule is COC(=O)[C@H]1C[C@H]2C[C@@H]1C[C@@H]2NC(=O)OCc1ccccc1. The van der Waals surface area contributed by atoms with E-state index in [0.717, 1.165) is 24.8 Å². The van der Waals surface area contributed by atoms with E-state index >= 15 is 0 Å². The third kappa shape index (κ3) is 3.08. The zero-order valence-corrected chi connectivity index (χ0v) is 12.7. The zero-order chi connectivity index (χ0) is 15.5. The fourth-order valence-corrected chi connectivity index (χ4v) is 3.81. The smallest absolute Gasteiger partial charge is 0.407 e. The molecule has 0 radical (unpaired) electrons. The van der Waals surface area contributed by atoms with Crippen LogP contribution in [0.1, 0.15) is 24.8 Å². The number of hydrogen-bond acceptors (Lipinski definition) is 4. The molecule has 1 aromatic carbocycles. The fourth-order valence-electron chi connectivity index (χ4n) is 3.81. The maximum atomic E-state index is 11.9. The second-order valence-electron chi connectivity index (χ2n) is 6.17. The Morgan fingerprint density at radius 1 is 1.14 bits per heavy atom. The molecule has 0 aromatic heterocycles. The Morgan fingerprint density at radius 2 is 1.91 bits per heavy atom. The molecule has 0 spiro atoms. The van der Waals surface area contributed by atoms with Gasteiger partial charge in [-0.25, -0.2) is 4.79 Å². The molecule has 2 aliphatic carbocycles. The van der Waals surface area contributed by atoms with Crippen LogP contribution in [0.4, 0.5) is 4.79 Å². The Balaban J connectivity index is 1.45. The topological polar surface area (TPSA) is 64.6 Å². The van der Waals surface area contributed by atoms with Crippen molar-refractivity contribution in [1.82, 2.24) is 5.32 Å². The van der Waals surface area contributed by atoms with Crippen LogP contribution in [0.5, 0.6) is 0 Å². The molecule has 0 heterocycles. The summed E-state index contributed by atoms with van der Waals surface area (Å²) in [5, 5.41) is 2.94. The van der Waals surface area contributed by atoms with Crippen molar-refractivity contribution >= 4 is 12.1 Å². The number of methoxy groups -OCH3 is 1. The van der Waals surface area contributed by atoms with Gasteiger partial charge in [0.05, 0.1) is 13.0 Å². The Morgan fingerprint density at radius 3 is 2.55 bits per heavy atom. The Labute approximate surface area is 130 Å². The van der Waals surface area contributed by atoms with Crippen LogP contribution in [-0.4, -0.2) is 25.2 Å². The van der Waals surface area contributed by atoms with Crippen molar-refractivity contribution in [2.75, 3.05) is 7.11 Å². The van der Waals surface area contributed by atoms with Gasteiger partial charge in [0.2, 0.25) is 0 Å². The summed E-state index contributed by atoms with van der Waals surface area (Å²) in [6.45, 7) is 0.276. The number of hydrogen-bond donors (Lipinski definition) is 1. The molecule has 1 aromatic rings. The monoisotopic (exact) mass is 303 g/mol. The molecular formula is C17H21NO4. The molecule has 3 rings (SSSR count). The molecule has 22 heavy (non-hydrogen) atoms. The number of carbonyl (C=O) groups is 2. The van der Waals surface area contributed by atoms with Crippen molar-refractivity contribution in [1.29, 1.82) is 0 Å². The molecule has 0 unspecified atom stereocenters. The highest BCUT2D eigenvalue weighted by atomic mass is 16.5. The molecule has 118 valence electrons. The minimum Gasteiger partial charge on any atom is -0.469 e. The maximum Gasteiger partial charge on any atom is 0.407 e. The van der Waals surface area contributed by atoms with Gasteiger partial charge in [-0.1, -0.05) is 30.3 Å². The first-order valence-corrected chi connectivity index (χ1v) is 7.72. The largest absolute Gasteiger partial charge is 0.469 e. The van der Waals surface area contributed by atoms with Crippen LogP contribution < -0.4 is 5.32 Å². The summed E-state index contributed by atoms with van der Waals surface area (Å²) in [6.07, 6.45) is 2.26. The summed E-state index contributed by atoms with van der Waals surface area (Å²) >= 11 is 0. The van der Waals surface area contributed by atoms with Crippen LogP contribution >= 0.6 is 0 Å². The van der Waals surface area contributed by atoms with Crippen LogP contribution in [0.2, 0.25) is 0 Å². The van der Waals surface area contributed by atoms with Gasteiger partial charge in [0.1, 0.15) is 6.61 Å². The number of ether oxygens (including phenoxy) is 2. The number of amides is 1. The summed E-state index contributed by atoms with van der Waals surface area (Å²) in [5.74, 6) is 0.584. The number of alkyl carbamates (subject to hydrolysis) is 1. The molecule has 5 nitrogen and oxygen atoms in total. The van der Waals surface area contributed by atoms with Gasteiger partial charge < -0.3 is 14.8 Å². The molecule has 1 N–H and O–H groups in total. The minimum absolute atomic E-state index is 0.00777. The first-order valence-electron chi connectivity index (χ1n) is 7.72. The molecule has 2 bridgehead atoms. The molecule has 5 heteroatoms. The number of benzene rings is 1. The lowest BCUT2D eigenvalue weighted by Gasteiger charge is -2.26. The summed E-state index contributed by atoms with van der Waals surface area (Å²) < 4.78 is 10.1. The van der Waals surface area contributed by atoms with E-state index in [1.807, 2.05) is 30.3 Å². The third-order valence-electron chi connectivity index (χ3n) is 4.88. The molecule has 2 saturated carbocycles. The van der Waals surface area contributed by atoms with Crippen LogP contribution in [0.25, 0.3) is 0 Å². The van der Waals surface area contributed by atoms with Gasteiger partial charge in [-0.2, -0.15) is 0 Å². The van der Waals surface area contributed by atoms with Gasteiger partial charge in [0, 0.05) is 6.04 Å². The number of esters is 1. The molecule has 1 amide bonds. The first-order chi connectivity index (χ1) is 10.7. The van der Waals surface area contributed by atoms with E-state index in [-0.39, 0.29) is 30.6 Å². The molecular weight excluding hydrogens is 282 g/mol. The zero-order valence-electron chi connectivity index (χ0n) is 12.7. The van der Waals surface area contributed by atoms with E-state index in [0.29, 0.717) is 11.8 Å². The van der Waals surface area contributed by atoms with Crippen molar-refractivity contribution in [2.45, 2.75) is 31.9 Å². The van der Waals surface area contributed by atoms with Gasteiger partial charge in [-0.05, 0) is 36.7 Å². The normalized spacial score (nSPS) is 29.1. The van der Waals surface area contributed by atoms with E-state index in [1.165, 1.54) is 7.11 Å². The predicted octanol–water partition coefficient (Wildman–Crippen LogP) is 2.50. The Bertz CT molecular complexity index is 545. The number of fused-ring (bicyclic) bond motifs is 2. The minimum atomic E-state index is -0.379. The number of nitrogens with one attached hydrogen (secondary N) is 1. The van der Waals surface area contributed by atoms with Gasteiger partial charge in [0.15, 0.2) is 0 Å². The lowest BCUT2D eigenvalue weighted by molar-refractivity contribution is -0.147. The lowest BCUT2D eigenvalue weighted by Crippen LogP contribution is -2.41. The van der Waals surface area contributed by atoms with Gasteiger partial charge in [-0.15, -0.1) is 0 Å². The summed E-state index contributed by atoms with van der Waals surface area (Å²) in [6, 6.07) is 9.72. The Hall–Kier alpha value is -2.04. The van der Waals surface area contributed by atoms with Crippen LogP contribution in [0, 0.1) is 17.8 Å². The van der Waals surface area contributed by atoms with Gasteiger partial charge in [-0.3, -0.25) is 4.79 Å². The van der Waals surface area contributed by atoms with Crippen molar-refractivity contribution in [2.24, 2.45) is 17.8 Å². The van der Waals surface area contributed by atoms with Crippen molar-refractivity contribution in [3.8, 4) is 0 Å². The molecule has 2 fully saturated rings. The van der Waals surface area contributed by atoms with Crippen LogP contribution in [-0.2, 0) is 20.9 Å². The van der Waals surface area contributed by atoms with E-state index in [9.17, 15) is 9.59 Å². The standard InChI is InChI=1S/C17H21NO4/c1-21-16(19)14-8-13-7-12(14)9-15(13)18-17(20)22-10-11-5-3-2-4-6-11/h2-6,12-15H,7-10H2,1H3,(H,18,20)/t12-,13-,14+,15+/m1/s1. The molecule has 2 aliphatic rings. The lowest BCUT2D eigenvalue weighted by atomic mass is 9.86. The molecule has 4 atom stereocenters. The van der Waals surface area contributed by atoms with E-state index < -0.39 is 0 Å². The Kier molecular flexibility index (Phi) is 4.32. The summed E-state index contributed by atoms with van der Waals surface area (Å²) in [5.41, 5.74) is 0.969. The quantitative estimate of drug-likeness (QED) is 0.868. The van der Waals surface area contributed by atoms with Crippen molar-refractivity contribution in [3.05, 3.63) is 35.9 Å². The fraction of sp³-hybridized carbons (Fsp3) is 0.529. The summed E-state index contributed by atoms with van der Waals surface area (Å²) in [7, 11) is 1.44. The second-order valence-corrected chi connectivity index (χ2v) is 6.17. The molecule has 0 aliphatic heterocycles. The van der Waals surface area contributed by atoms with Crippen molar-refractivity contribution < 1.29 is 19.1 Å².